The first kappa shape index (κ1) is 17.5. The minimum absolute atomic E-state index is 0.0245. The third kappa shape index (κ3) is 6.44. The lowest BCUT2D eigenvalue weighted by Gasteiger charge is -2.20. The van der Waals surface area contributed by atoms with Gasteiger partial charge in [0, 0.05) is 35.8 Å². The lowest BCUT2D eigenvalue weighted by Crippen LogP contribution is -2.24. The second-order valence-corrected chi connectivity index (χ2v) is 7.02. The van der Waals surface area contributed by atoms with E-state index < -0.39 is 4.92 Å². The van der Waals surface area contributed by atoms with Crippen LogP contribution in [0.1, 0.15) is 37.7 Å². The highest BCUT2D eigenvalue weighted by molar-refractivity contribution is 7.99. The molecule has 1 aromatic rings. The first-order valence-corrected chi connectivity index (χ1v) is 9.02. The molecule has 0 radical (unpaired) electrons. The van der Waals surface area contributed by atoms with E-state index in [1.165, 1.54) is 50.3 Å². The molecule has 1 saturated carbocycles. The molecule has 1 amide bonds. The molecule has 1 fully saturated rings. The van der Waals surface area contributed by atoms with Crippen LogP contribution in [0.15, 0.2) is 30.3 Å². The maximum absolute atomic E-state index is 11.7. The minimum atomic E-state index is -0.445. The Balaban J connectivity index is 1.69. The fourth-order valence-electron chi connectivity index (χ4n) is 2.60. The number of nitrogens with one attached hydrogen (secondary N) is 1. The van der Waals surface area contributed by atoms with Gasteiger partial charge in [0.2, 0.25) is 5.91 Å². The lowest BCUT2D eigenvalue weighted by molar-refractivity contribution is -0.384. The summed E-state index contributed by atoms with van der Waals surface area (Å²) in [5.41, 5.74) is 0.669. The molecular formula is C17H22N2O3S. The van der Waals surface area contributed by atoms with E-state index in [0.717, 1.165) is 11.0 Å². The number of hydrogen-bond donors (Lipinski definition) is 1. The van der Waals surface area contributed by atoms with Crippen LogP contribution in [0.2, 0.25) is 0 Å². The third-order valence-electron chi connectivity index (χ3n) is 3.82. The molecule has 0 aliphatic heterocycles. The number of nitro groups is 1. The summed E-state index contributed by atoms with van der Waals surface area (Å²) >= 11 is 1.95. The largest absolute Gasteiger partial charge is 0.352 e. The Morgan fingerprint density at radius 3 is 2.87 bits per heavy atom. The third-order valence-corrected chi connectivity index (χ3v) is 5.20. The Morgan fingerprint density at radius 1 is 1.35 bits per heavy atom. The van der Waals surface area contributed by atoms with Gasteiger partial charge < -0.3 is 5.32 Å². The van der Waals surface area contributed by atoms with Crippen molar-refractivity contribution in [2.75, 3.05) is 12.3 Å². The van der Waals surface area contributed by atoms with Crippen LogP contribution in [0.25, 0.3) is 6.08 Å². The molecule has 6 heteroatoms. The molecule has 0 spiro atoms. The molecule has 1 aliphatic rings. The SMILES string of the molecule is O=C(/C=C/c1cccc([N+](=O)[O-])c1)NCCSC1CCCCC1. The summed E-state index contributed by atoms with van der Waals surface area (Å²) in [7, 11) is 0. The van der Waals surface area contributed by atoms with Crippen LogP contribution in [-0.4, -0.2) is 28.4 Å². The molecule has 1 aliphatic carbocycles. The monoisotopic (exact) mass is 334 g/mol. The molecule has 5 nitrogen and oxygen atoms in total. The summed E-state index contributed by atoms with van der Waals surface area (Å²) in [4.78, 5) is 22.0. The zero-order valence-corrected chi connectivity index (χ0v) is 13.9. The van der Waals surface area contributed by atoms with Crippen molar-refractivity contribution in [1.29, 1.82) is 0 Å². The zero-order valence-electron chi connectivity index (χ0n) is 13.1. The maximum Gasteiger partial charge on any atom is 0.270 e. The molecule has 0 saturated heterocycles. The summed E-state index contributed by atoms with van der Waals surface area (Å²) < 4.78 is 0. The van der Waals surface area contributed by atoms with Gasteiger partial charge in [-0.3, -0.25) is 14.9 Å². The average molecular weight is 334 g/mol. The number of amides is 1. The van der Waals surface area contributed by atoms with Crippen LogP contribution in [0.3, 0.4) is 0 Å². The van der Waals surface area contributed by atoms with Crippen molar-refractivity contribution in [3.63, 3.8) is 0 Å². The minimum Gasteiger partial charge on any atom is -0.352 e. The normalized spacial score (nSPS) is 15.7. The first-order valence-electron chi connectivity index (χ1n) is 7.97. The topological polar surface area (TPSA) is 72.2 Å². The van der Waals surface area contributed by atoms with Gasteiger partial charge in [0.05, 0.1) is 4.92 Å². The summed E-state index contributed by atoms with van der Waals surface area (Å²) in [6, 6.07) is 6.22. The lowest BCUT2D eigenvalue weighted by atomic mass is 10.0. The standard InChI is InChI=1S/C17H22N2O3S/c20-17(18-11-12-23-16-7-2-1-3-8-16)10-9-14-5-4-6-15(13-14)19(21)22/h4-6,9-10,13,16H,1-3,7-8,11-12H2,(H,18,20)/b10-9+. The number of hydrogen-bond acceptors (Lipinski definition) is 4. The summed E-state index contributed by atoms with van der Waals surface area (Å²) in [6.07, 6.45) is 9.62. The summed E-state index contributed by atoms with van der Waals surface area (Å²) in [6.45, 7) is 0.652. The fraction of sp³-hybridized carbons (Fsp3) is 0.471. The van der Waals surface area contributed by atoms with Gasteiger partial charge in [-0.1, -0.05) is 31.4 Å². The molecule has 1 N–H and O–H groups in total. The van der Waals surface area contributed by atoms with Crippen LogP contribution in [0.4, 0.5) is 5.69 Å². The fourth-order valence-corrected chi connectivity index (χ4v) is 3.82. The van der Waals surface area contributed by atoms with E-state index >= 15 is 0 Å². The van der Waals surface area contributed by atoms with E-state index in [1.807, 2.05) is 11.8 Å². The number of benzene rings is 1. The quantitative estimate of drug-likeness (QED) is 0.356. The van der Waals surface area contributed by atoms with Gasteiger partial charge in [0.25, 0.3) is 5.69 Å². The molecule has 1 aromatic carbocycles. The van der Waals surface area contributed by atoms with Crippen molar-refractivity contribution in [2.45, 2.75) is 37.4 Å². The van der Waals surface area contributed by atoms with Crippen LogP contribution < -0.4 is 5.32 Å². The predicted octanol–water partition coefficient (Wildman–Crippen LogP) is 3.79. The highest BCUT2D eigenvalue weighted by Gasteiger charge is 2.13. The number of carbonyl (C=O) groups is 1. The predicted molar refractivity (Wildman–Crippen MR) is 94.5 cm³/mol. The van der Waals surface area contributed by atoms with Crippen molar-refractivity contribution in [3.8, 4) is 0 Å². The van der Waals surface area contributed by atoms with Gasteiger partial charge in [-0.05, 0) is 24.5 Å². The van der Waals surface area contributed by atoms with E-state index in [9.17, 15) is 14.9 Å². The molecule has 23 heavy (non-hydrogen) atoms. The van der Waals surface area contributed by atoms with Gasteiger partial charge in [0.1, 0.15) is 0 Å². The smallest absolute Gasteiger partial charge is 0.270 e. The highest BCUT2D eigenvalue weighted by Crippen LogP contribution is 2.27. The van der Waals surface area contributed by atoms with Crippen LogP contribution in [0, 0.1) is 10.1 Å². The van der Waals surface area contributed by atoms with Crippen molar-refractivity contribution >= 4 is 29.4 Å². The molecule has 0 atom stereocenters. The summed E-state index contributed by atoms with van der Waals surface area (Å²) in [5, 5.41) is 14.3. The number of nitro benzene ring substituents is 1. The van der Waals surface area contributed by atoms with Crippen molar-refractivity contribution in [1.82, 2.24) is 5.32 Å². The van der Waals surface area contributed by atoms with Gasteiger partial charge in [0.15, 0.2) is 0 Å². The molecule has 0 aromatic heterocycles. The molecular weight excluding hydrogens is 312 g/mol. The number of nitrogens with zero attached hydrogens (tertiary/aromatic N) is 1. The van der Waals surface area contributed by atoms with Gasteiger partial charge in [-0.15, -0.1) is 0 Å². The molecule has 2 rings (SSSR count). The van der Waals surface area contributed by atoms with E-state index in [4.69, 9.17) is 0 Å². The number of non-ortho nitro benzene ring substituents is 1. The van der Waals surface area contributed by atoms with E-state index in [-0.39, 0.29) is 11.6 Å². The van der Waals surface area contributed by atoms with Crippen LogP contribution >= 0.6 is 11.8 Å². The van der Waals surface area contributed by atoms with Crippen molar-refractivity contribution in [3.05, 3.63) is 46.0 Å². The van der Waals surface area contributed by atoms with Gasteiger partial charge in [-0.25, -0.2) is 0 Å². The van der Waals surface area contributed by atoms with E-state index in [1.54, 1.807) is 18.2 Å². The van der Waals surface area contributed by atoms with Gasteiger partial charge >= 0.3 is 0 Å². The Labute approximate surface area is 140 Å². The van der Waals surface area contributed by atoms with Crippen LogP contribution in [-0.2, 0) is 4.79 Å². The van der Waals surface area contributed by atoms with E-state index in [0.29, 0.717) is 12.1 Å². The Hall–Kier alpha value is -1.82. The molecule has 0 bridgehead atoms. The molecule has 0 heterocycles. The van der Waals surface area contributed by atoms with Crippen molar-refractivity contribution in [2.24, 2.45) is 0 Å². The zero-order chi connectivity index (χ0) is 16.5. The van der Waals surface area contributed by atoms with Crippen LogP contribution in [0.5, 0.6) is 0 Å². The number of rotatable bonds is 7. The second kappa shape index (κ2) is 9.35. The summed E-state index contributed by atoms with van der Waals surface area (Å²) in [5.74, 6) is 0.766. The Bertz CT molecular complexity index is 569. The number of carbonyl (C=O) groups excluding carboxylic acids is 1. The first-order chi connectivity index (χ1) is 11.1. The molecule has 124 valence electrons. The van der Waals surface area contributed by atoms with E-state index in [2.05, 4.69) is 5.32 Å². The second-order valence-electron chi connectivity index (χ2n) is 5.61. The Kier molecular flexibility index (Phi) is 7.13. The molecule has 0 unspecified atom stereocenters. The highest BCUT2D eigenvalue weighted by atomic mass is 32.2. The van der Waals surface area contributed by atoms with Gasteiger partial charge in [-0.2, -0.15) is 11.8 Å². The number of thioether (sulfide) groups is 1. The van der Waals surface area contributed by atoms with Crippen molar-refractivity contribution < 1.29 is 9.72 Å². The Morgan fingerprint density at radius 2 is 2.13 bits per heavy atom. The maximum atomic E-state index is 11.7. The average Bonchev–Trinajstić information content (AvgIpc) is 2.58.